The van der Waals surface area contributed by atoms with Gasteiger partial charge in [0, 0.05) is 11.1 Å². The SMILES string of the molecule is COc1c(N)cccc1-c1nc(C)cs1. The first-order chi connectivity index (χ1) is 7.22. The Bertz CT molecular complexity index is 479. The maximum atomic E-state index is 5.83. The van der Waals surface area contributed by atoms with E-state index in [0.29, 0.717) is 11.4 Å². The van der Waals surface area contributed by atoms with Crippen LogP contribution in [0.4, 0.5) is 5.69 Å². The van der Waals surface area contributed by atoms with Gasteiger partial charge in [0.25, 0.3) is 0 Å². The van der Waals surface area contributed by atoms with Gasteiger partial charge in [0.2, 0.25) is 0 Å². The van der Waals surface area contributed by atoms with Crippen molar-refractivity contribution in [1.29, 1.82) is 0 Å². The van der Waals surface area contributed by atoms with Gasteiger partial charge in [-0.25, -0.2) is 4.98 Å². The van der Waals surface area contributed by atoms with E-state index in [2.05, 4.69) is 4.98 Å². The summed E-state index contributed by atoms with van der Waals surface area (Å²) in [6, 6.07) is 5.69. The van der Waals surface area contributed by atoms with Gasteiger partial charge in [-0.15, -0.1) is 11.3 Å². The normalized spacial score (nSPS) is 10.3. The Labute approximate surface area is 92.5 Å². The molecule has 0 bridgehead atoms. The number of anilines is 1. The van der Waals surface area contributed by atoms with E-state index < -0.39 is 0 Å². The number of rotatable bonds is 2. The van der Waals surface area contributed by atoms with E-state index in [-0.39, 0.29) is 0 Å². The van der Waals surface area contributed by atoms with Crippen molar-refractivity contribution in [2.24, 2.45) is 0 Å². The Balaban J connectivity index is 2.57. The van der Waals surface area contributed by atoms with Crippen LogP contribution in [0.15, 0.2) is 23.6 Å². The molecule has 0 aliphatic carbocycles. The fraction of sp³-hybridized carbons (Fsp3) is 0.182. The first kappa shape index (κ1) is 9.98. The molecule has 1 aromatic heterocycles. The predicted octanol–water partition coefficient (Wildman–Crippen LogP) is 2.71. The minimum atomic E-state index is 0.642. The molecule has 78 valence electrons. The first-order valence-corrected chi connectivity index (χ1v) is 5.45. The zero-order valence-electron chi connectivity index (χ0n) is 8.65. The number of para-hydroxylation sites is 1. The summed E-state index contributed by atoms with van der Waals surface area (Å²) >= 11 is 1.59. The van der Waals surface area contributed by atoms with Crippen molar-refractivity contribution in [1.82, 2.24) is 4.98 Å². The summed E-state index contributed by atoms with van der Waals surface area (Å²) in [4.78, 5) is 4.41. The van der Waals surface area contributed by atoms with Crippen LogP contribution >= 0.6 is 11.3 Å². The molecule has 15 heavy (non-hydrogen) atoms. The Morgan fingerprint density at radius 3 is 2.80 bits per heavy atom. The number of thiazole rings is 1. The van der Waals surface area contributed by atoms with Crippen LogP contribution in [0.25, 0.3) is 10.6 Å². The fourth-order valence-corrected chi connectivity index (χ4v) is 2.25. The van der Waals surface area contributed by atoms with Gasteiger partial charge >= 0.3 is 0 Å². The minimum Gasteiger partial charge on any atom is -0.494 e. The van der Waals surface area contributed by atoms with Crippen LogP contribution in [0.3, 0.4) is 0 Å². The molecule has 3 nitrogen and oxygen atoms in total. The summed E-state index contributed by atoms with van der Waals surface area (Å²) in [5, 5.41) is 2.95. The van der Waals surface area contributed by atoms with Gasteiger partial charge in [0.05, 0.1) is 18.4 Å². The molecule has 0 fully saturated rings. The number of hydrogen-bond donors (Lipinski definition) is 1. The van der Waals surface area contributed by atoms with Gasteiger partial charge in [0.1, 0.15) is 5.01 Å². The standard InChI is InChI=1S/C11H12N2OS/c1-7-6-15-11(13-7)8-4-3-5-9(12)10(8)14-2/h3-6H,12H2,1-2H3. The van der Waals surface area contributed by atoms with Crippen molar-refractivity contribution < 1.29 is 4.74 Å². The molecule has 0 unspecified atom stereocenters. The second-order valence-electron chi connectivity index (χ2n) is 3.22. The van der Waals surface area contributed by atoms with Crippen LogP contribution < -0.4 is 10.5 Å². The number of nitrogen functional groups attached to an aromatic ring is 1. The van der Waals surface area contributed by atoms with Crippen LogP contribution in [0, 0.1) is 6.92 Å². The Hall–Kier alpha value is -1.55. The highest BCUT2D eigenvalue weighted by Gasteiger charge is 2.11. The molecule has 2 N–H and O–H groups in total. The maximum Gasteiger partial charge on any atom is 0.151 e. The minimum absolute atomic E-state index is 0.642. The fourth-order valence-electron chi connectivity index (χ4n) is 1.43. The van der Waals surface area contributed by atoms with Crippen LogP contribution in [-0.4, -0.2) is 12.1 Å². The van der Waals surface area contributed by atoms with Gasteiger partial charge in [-0.05, 0) is 19.1 Å². The third kappa shape index (κ3) is 1.80. The van der Waals surface area contributed by atoms with E-state index in [4.69, 9.17) is 10.5 Å². The molecule has 2 rings (SSSR count). The third-order valence-corrected chi connectivity index (χ3v) is 3.09. The van der Waals surface area contributed by atoms with Crippen LogP contribution in [0.1, 0.15) is 5.69 Å². The number of nitrogens with zero attached hydrogens (tertiary/aromatic N) is 1. The second-order valence-corrected chi connectivity index (χ2v) is 4.08. The predicted molar refractivity (Wildman–Crippen MR) is 63.3 cm³/mol. The molecule has 0 atom stereocenters. The van der Waals surface area contributed by atoms with Gasteiger partial charge in [-0.3, -0.25) is 0 Å². The number of aromatic nitrogens is 1. The number of methoxy groups -OCH3 is 1. The summed E-state index contributed by atoms with van der Waals surface area (Å²) in [5.74, 6) is 0.701. The topological polar surface area (TPSA) is 48.1 Å². The molecule has 0 amide bonds. The molecular weight excluding hydrogens is 208 g/mol. The van der Waals surface area contributed by atoms with Gasteiger partial charge in [-0.1, -0.05) is 6.07 Å². The largest absolute Gasteiger partial charge is 0.494 e. The number of nitrogens with two attached hydrogens (primary N) is 1. The number of ether oxygens (including phenoxy) is 1. The average molecular weight is 220 g/mol. The molecule has 4 heteroatoms. The first-order valence-electron chi connectivity index (χ1n) is 4.57. The molecule has 1 heterocycles. The van der Waals surface area contributed by atoms with Gasteiger partial charge in [-0.2, -0.15) is 0 Å². The summed E-state index contributed by atoms with van der Waals surface area (Å²) in [5.41, 5.74) is 8.44. The molecule has 2 aromatic rings. The monoisotopic (exact) mass is 220 g/mol. The highest BCUT2D eigenvalue weighted by molar-refractivity contribution is 7.13. The van der Waals surface area contributed by atoms with Crippen molar-refractivity contribution in [3.63, 3.8) is 0 Å². The lowest BCUT2D eigenvalue weighted by Crippen LogP contribution is -1.94. The van der Waals surface area contributed by atoms with E-state index in [1.54, 1.807) is 18.4 Å². The van der Waals surface area contributed by atoms with Crippen molar-refractivity contribution in [3.05, 3.63) is 29.3 Å². The highest BCUT2D eigenvalue weighted by atomic mass is 32.1. The summed E-state index contributed by atoms with van der Waals surface area (Å²) in [6.45, 7) is 1.97. The lowest BCUT2D eigenvalue weighted by molar-refractivity contribution is 0.418. The smallest absolute Gasteiger partial charge is 0.151 e. The Morgan fingerprint density at radius 1 is 1.40 bits per heavy atom. The van der Waals surface area contributed by atoms with E-state index in [9.17, 15) is 0 Å². The molecule has 0 aliphatic rings. The molecular formula is C11H12N2OS. The number of benzene rings is 1. The van der Waals surface area contributed by atoms with Crippen LogP contribution in [-0.2, 0) is 0 Å². The van der Waals surface area contributed by atoms with E-state index in [1.165, 1.54) is 0 Å². The van der Waals surface area contributed by atoms with E-state index in [0.717, 1.165) is 16.3 Å². The van der Waals surface area contributed by atoms with Gasteiger partial charge in [0.15, 0.2) is 5.75 Å². The zero-order chi connectivity index (χ0) is 10.8. The molecule has 0 aliphatic heterocycles. The maximum absolute atomic E-state index is 5.83. The van der Waals surface area contributed by atoms with Crippen LogP contribution in [0.2, 0.25) is 0 Å². The molecule has 0 spiro atoms. The summed E-state index contributed by atoms with van der Waals surface area (Å²) < 4.78 is 5.28. The van der Waals surface area contributed by atoms with Crippen molar-refractivity contribution in [3.8, 4) is 16.3 Å². The molecule has 0 radical (unpaired) electrons. The average Bonchev–Trinajstić information content (AvgIpc) is 2.64. The van der Waals surface area contributed by atoms with Crippen LogP contribution in [0.5, 0.6) is 5.75 Å². The molecule has 0 saturated heterocycles. The summed E-state index contributed by atoms with van der Waals surface area (Å²) in [6.07, 6.45) is 0. The van der Waals surface area contributed by atoms with E-state index in [1.807, 2.05) is 30.5 Å². The van der Waals surface area contributed by atoms with Gasteiger partial charge < -0.3 is 10.5 Å². The number of hydrogen-bond acceptors (Lipinski definition) is 4. The molecule has 1 aromatic carbocycles. The number of aryl methyl sites for hydroxylation is 1. The molecule has 0 saturated carbocycles. The Morgan fingerprint density at radius 2 is 2.20 bits per heavy atom. The lowest BCUT2D eigenvalue weighted by atomic mass is 10.2. The second kappa shape index (κ2) is 3.90. The highest BCUT2D eigenvalue weighted by Crippen LogP contribution is 2.35. The zero-order valence-corrected chi connectivity index (χ0v) is 9.47. The van der Waals surface area contributed by atoms with Crippen molar-refractivity contribution in [2.75, 3.05) is 12.8 Å². The van der Waals surface area contributed by atoms with Crippen molar-refractivity contribution >= 4 is 17.0 Å². The van der Waals surface area contributed by atoms with E-state index >= 15 is 0 Å². The third-order valence-electron chi connectivity index (χ3n) is 2.10. The Kier molecular flexibility index (Phi) is 2.60. The lowest BCUT2D eigenvalue weighted by Gasteiger charge is -2.08. The summed E-state index contributed by atoms with van der Waals surface area (Å²) in [7, 11) is 1.62. The van der Waals surface area contributed by atoms with Crippen molar-refractivity contribution in [2.45, 2.75) is 6.92 Å². The quantitative estimate of drug-likeness (QED) is 0.791.